The number of hydrogen-bond acceptors (Lipinski definition) is 6. The summed E-state index contributed by atoms with van der Waals surface area (Å²) in [5.74, 6) is -5.25. The lowest BCUT2D eigenvalue weighted by molar-refractivity contribution is -0.138. The topological polar surface area (TPSA) is 113 Å². The largest absolute Gasteiger partial charge is 0.504 e. The van der Waals surface area contributed by atoms with Crippen LogP contribution in [0.4, 0.5) is 0 Å². The van der Waals surface area contributed by atoms with Gasteiger partial charge in [0.1, 0.15) is 0 Å². The number of alkyl halides is 3. The fourth-order valence-electron chi connectivity index (χ4n) is 5.95. The van der Waals surface area contributed by atoms with Crippen molar-refractivity contribution in [1.82, 2.24) is 10.2 Å². The molecule has 2 aliphatic heterocycles. The Hall–Kier alpha value is -2.10. The first kappa shape index (κ1) is 22.7. The van der Waals surface area contributed by atoms with E-state index in [0.29, 0.717) is 5.57 Å². The maximum atomic E-state index is 13.6. The zero-order valence-corrected chi connectivity index (χ0v) is 20.4. The van der Waals surface area contributed by atoms with Gasteiger partial charge in [-0.3, -0.25) is 29.4 Å². The third-order valence-electron chi connectivity index (χ3n) is 7.42. The van der Waals surface area contributed by atoms with Crippen molar-refractivity contribution in [2.75, 3.05) is 12.6 Å². The third-order valence-corrected chi connectivity index (χ3v) is 9.33. The standard InChI is InChI=1S/C22H19BrCl2N2O6/c1-33-13-4-2-3-11(16(13)28)15-9-5-6-10-14(18(30)26-17(10)29)12(9)7-21(24)19(31)27(8-23)20(32)22(15,21)25/h2-5,10,12,14-15,28H,6-8H2,1H3,(H,26,29,30). The number of fused-ring (bicyclic) bond motifs is 4. The number of rotatable bonds is 3. The molecule has 2 N–H and O–H groups in total. The number of hydrogen-bond donors (Lipinski definition) is 2. The predicted molar refractivity (Wildman–Crippen MR) is 121 cm³/mol. The first-order valence-corrected chi connectivity index (χ1v) is 12.2. The molecule has 0 radical (unpaired) electrons. The van der Waals surface area contributed by atoms with E-state index in [2.05, 4.69) is 21.2 Å². The zero-order chi connectivity index (χ0) is 23.9. The Kier molecular flexibility index (Phi) is 5.12. The lowest BCUT2D eigenvalue weighted by atomic mass is 9.56. The molecule has 4 amide bonds. The highest BCUT2D eigenvalue weighted by molar-refractivity contribution is 9.09. The molecule has 4 aliphatic rings. The van der Waals surface area contributed by atoms with Crippen LogP contribution in [0.1, 0.15) is 24.3 Å². The van der Waals surface area contributed by atoms with Crippen LogP contribution in [0.2, 0.25) is 0 Å². The van der Waals surface area contributed by atoms with Crippen LogP contribution in [-0.4, -0.2) is 55.9 Å². The van der Waals surface area contributed by atoms with Crippen LogP contribution < -0.4 is 10.1 Å². The number of nitrogens with zero attached hydrogens (tertiary/aromatic N) is 1. The van der Waals surface area contributed by atoms with Crippen molar-refractivity contribution in [2.24, 2.45) is 17.8 Å². The number of para-hydroxylation sites is 1. The fraction of sp³-hybridized carbons (Fsp3) is 0.455. The number of aromatic hydroxyl groups is 1. The Morgan fingerprint density at radius 3 is 2.58 bits per heavy atom. The van der Waals surface area contributed by atoms with E-state index in [-0.39, 0.29) is 41.3 Å². The number of carbonyl (C=O) groups is 4. The number of allylic oxidation sites excluding steroid dienone is 2. The van der Waals surface area contributed by atoms with Crippen LogP contribution >= 0.6 is 39.1 Å². The van der Waals surface area contributed by atoms with Gasteiger partial charge in [-0.1, -0.05) is 39.7 Å². The van der Waals surface area contributed by atoms with E-state index in [1.54, 1.807) is 24.3 Å². The van der Waals surface area contributed by atoms with Gasteiger partial charge >= 0.3 is 0 Å². The van der Waals surface area contributed by atoms with Crippen molar-refractivity contribution in [3.63, 3.8) is 0 Å². The molecule has 6 atom stereocenters. The number of amides is 4. The number of imide groups is 2. The number of benzene rings is 1. The first-order valence-electron chi connectivity index (χ1n) is 10.3. The number of ether oxygens (including phenoxy) is 1. The molecule has 2 saturated heterocycles. The van der Waals surface area contributed by atoms with E-state index >= 15 is 0 Å². The average molecular weight is 558 g/mol. The van der Waals surface area contributed by atoms with Gasteiger partial charge in [-0.15, -0.1) is 23.2 Å². The maximum Gasteiger partial charge on any atom is 0.254 e. The van der Waals surface area contributed by atoms with Crippen LogP contribution in [0.15, 0.2) is 29.8 Å². The Morgan fingerprint density at radius 2 is 1.91 bits per heavy atom. The number of phenols is 1. The van der Waals surface area contributed by atoms with Crippen molar-refractivity contribution in [3.05, 3.63) is 35.4 Å². The molecule has 5 rings (SSSR count). The number of nitrogens with one attached hydrogen (secondary N) is 1. The molecule has 11 heteroatoms. The Morgan fingerprint density at radius 1 is 1.18 bits per heavy atom. The molecule has 174 valence electrons. The molecule has 33 heavy (non-hydrogen) atoms. The molecule has 8 nitrogen and oxygen atoms in total. The minimum Gasteiger partial charge on any atom is -0.504 e. The van der Waals surface area contributed by atoms with Gasteiger partial charge in [-0.25, -0.2) is 0 Å². The number of phenolic OH excluding ortho intramolecular Hbond substituents is 1. The number of halogens is 3. The van der Waals surface area contributed by atoms with Crippen LogP contribution in [0.25, 0.3) is 0 Å². The van der Waals surface area contributed by atoms with Crippen molar-refractivity contribution in [2.45, 2.75) is 28.5 Å². The summed E-state index contributed by atoms with van der Waals surface area (Å²) in [7, 11) is 1.39. The molecule has 1 saturated carbocycles. The minimum atomic E-state index is -1.96. The molecule has 0 aromatic heterocycles. The molecular formula is C22H19BrCl2N2O6. The third kappa shape index (κ3) is 2.70. The van der Waals surface area contributed by atoms with Crippen molar-refractivity contribution >= 4 is 62.8 Å². The predicted octanol–water partition coefficient (Wildman–Crippen LogP) is 2.40. The highest BCUT2D eigenvalue weighted by Crippen LogP contribution is 2.66. The molecule has 2 aliphatic carbocycles. The second-order valence-electron chi connectivity index (χ2n) is 8.74. The van der Waals surface area contributed by atoms with Gasteiger partial charge in [-0.2, -0.15) is 0 Å². The maximum absolute atomic E-state index is 13.6. The van der Waals surface area contributed by atoms with E-state index in [9.17, 15) is 24.3 Å². The van der Waals surface area contributed by atoms with Crippen LogP contribution in [0, 0.1) is 17.8 Å². The fourth-order valence-corrected chi connectivity index (χ4v) is 7.36. The second kappa shape index (κ2) is 7.45. The summed E-state index contributed by atoms with van der Waals surface area (Å²) >= 11 is 17.2. The van der Waals surface area contributed by atoms with Gasteiger partial charge in [0.05, 0.1) is 24.4 Å². The van der Waals surface area contributed by atoms with Crippen LogP contribution in [0.3, 0.4) is 0 Å². The van der Waals surface area contributed by atoms with Crippen molar-refractivity contribution in [3.8, 4) is 11.5 Å². The summed E-state index contributed by atoms with van der Waals surface area (Å²) in [5, 5.41) is 13.4. The SMILES string of the molecule is COc1cccc(C2C3=CCC4C(=O)NC(=O)C4C3CC3(Cl)C(=O)N(CBr)C(=O)C23Cl)c1O. The first-order chi connectivity index (χ1) is 15.6. The molecule has 2 heterocycles. The molecular weight excluding hydrogens is 539 g/mol. The quantitative estimate of drug-likeness (QED) is 0.255. The highest BCUT2D eigenvalue weighted by atomic mass is 79.9. The lowest BCUT2D eigenvalue weighted by Gasteiger charge is -2.50. The van der Waals surface area contributed by atoms with Crippen LogP contribution in [-0.2, 0) is 19.2 Å². The number of methoxy groups -OCH3 is 1. The van der Waals surface area contributed by atoms with E-state index in [0.717, 1.165) is 4.90 Å². The summed E-state index contributed by atoms with van der Waals surface area (Å²) in [4.78, 5) is 49.1. The number of carbonyl (C=O) groups excluding carboxylic acids is 4. The monoisotopic (exact) mass is 556 g/mol. The normalized spacial score (nSPS) is 37.3. The average Bonchev–Trinajstić information content (AvgIpc) is 3.15. The Balaban J connectivity index is 1.78. The van der Waals surface area contributed by atoms with Gasteiger partial charge in [0.15, 0.2) is 21.2 Å². The minimum absolute atomic E-state index is 0.0962. The van der Waals surface area contributed by atoms with E-state index in [1.807, 2.05) is 0 Å². The molecule has 1 aromatic rings. The highest BCUT2D eigenvalue weighted by Gasteiger charge is 2.76. The van der Waals surface area contributed by atoms with Gasteiger partial charge in [0.25, 0.3) is 11.8 Å². The van der Waals surface area contributed by atoms with Gasteiger partial charge < -0.3 is 9.84 Å². The number of likely N-dealkylation sites (tertiary alicyclic amines) is 1. The summed E-state index contributed by atoms with van der Waals surface area (Å²) in [6.07, 6.45) is 1.96. The van der Waals surface area contributed by atoms with E-state index < -0.39 is 51.1 Å². The molecule has 0 spiro atoms. The van der Waals surface area contributed by atoms with Crippen molar-refractivity contribution in [1.29, 1.82) is 0 Å². The van der Waals surface area contributed by atoms with Gasteiger partial charge in [0, 0.05) is 11.5 Å². The smallest absolute Gasteiger partial charge is 0.254 e. The summed E-state index contributed by atoms with van der Waals surface area (Å²) in [5.41, 5.74) is 0.749. The molecule has 3 fully saturated rings. The summed E-state index contributed by atoms with van der Waals surface area (Å²) < 4.78 is 5.25. The van der Waals surface area contributed by atoms with Gasteiger partial charge in [0.2, 0.25) is 11.8 Å². The zero-order valence-electron chi connectivity index (χ0n) is 17.3. The lowest BCUT2D eigenvalue weighted by Crippen LogP contribution is -2.60. The summed E-state index contributed by atoms with van der Waals surface area (Å²) in [6, 6.07) is 4.78. The van der Waals surface area contributed by atoms with E-state index in [1.165, 1.54) is 7.11 Å². The molecule has 6 unspecified atom stereocenters. The Labute approximate surface area is 207 Å². The van der Waals surface area contributed by atoms with Gasteiger partial charge in [-0.05, 0) is 24.8 Å². The second-order valence-corrected chi connectivity index (χ2v) is 10.5. The van der Waals surface area contributed by atoms with Crippen LogP contribution in [0.5, 0.6) is 11.5 Å². The Bertz CT molecular complexity index is 1160. The molecule has 1 aromatic carbocycles. The van der Waals surface area contributed by atoms with E-state index in [4.69, 9.17) is 27.9 Å². The van der Waals surface area contributed by atoms with Crippen molar-refractivity contribution < 1.29 is 29.0 Å². The summed E-state index contributed by atoms with van der Waals surface area (Å²) in [6.45, 7) is 0. The molecule has 0 bridgehead atoms.